The molecule has 1 saturated carbocycles. The Morgan fingerprint density at radius 2 is 2.07 bits per heavy atom. The molecule has 8 heteroatoms. The Morgan fingerprint density at radius 3 is 2.78 bits per heavy atom. The van der Waals surface area contributed by atoms with Gasteiger partial charge in [0.2, 0.25) is 10.0 Å². The van der Waals surface area contributed by atoms with Crippen LogP contribution in [-0.4, -0.2) is 38.9 Å². The predicted octanol–water partition coefficient (Wildman–Crippen LogP) is 2.96. The molecule has 1 N–H and O–H groups in total. The number of sulfonamides is 1. The second kappa shape index (κ2) is 6.92. The lowest BCUT2D eigenvalue weighted by Crippen LogP contribution is -2.38. The third kappa shape index (κ3) is 3.49. The average Bonchev–Trinajstić information content (AvgIpc) is 3.32. The molecule has 0 saturated heterocycles. The van der Waals surface area contributed by atoms with E-state index < -0.39 is 10.0 Å². The molecule has 0 bridgehead atoms. The van der Waals surface area contributed by atoms with Crippen LogP contribution in [0.5, 0.6) is 5.75 Å². The van der Waals surface area contributed by atoms with E-state index in [4.69, 9.17) is 4.74 Å². The number of thiophene rings is 1. The summed E-state index contributed by atoms with van der Waals surface area (Å²) in [6.07, 6.45) is 2.51. The fourth-order valence-corrected chi connectivity index (χ4v) is 5.92. The lowest BCUT2D eigenvalue weighted by Gasteiger charge is -2.33. The molecule has 0 radical (unpaired) electrons. The molecule has 2 aromatic rings. The van der Waals surface area contributed by atoms with E-state index in [1.54, 1.807) is 23.5 Å². The quantitative estimate of drug-likeness (QED) is 0.828. The minimum atomic E-state index is -3.72. The normalized spacial score (nSPS) is 19.6. The molecule has 1 atom stereocenters. The number of carbonyl (C=O) groups excluding carboxylic acids is 1. The van der Waals surface area contributed by atoms with Crippen molar-refractivity contribution in [2.24, 2.45) is 0 Å². The van der Waals surface area contributed by atoms with Gasteiger partial charge in [-0.25, -0.2) is 13.1 Å². The van der Waals surface area contributed by atoms with E-state index in [-0.39, 0.29) is 28.6 Å². The SMILES string of the molecule is COc1ccc(C(=O)N2CCc3sccc3C2C)cc1S(=O)(=O)NC1CC1. The highest BCUT2D eigenvalue weighted by Gasteiger charge is 2.32. The van der Waals surface area contributed by atoms with Crippen molar-refractivity contribution in [1.29, 1.82) is 0 Å². The fraction of sp³-hybridized carbons (Fsp3) is 0.421. The Hall–Kier alpha value is -1.90. The van der Waals surface area contributed by atoms with Crippen molar-refractivity contribution < 1.29 is 17.9 Å². The van der Waals surface area contributed by atoms with Gasteiger partial charge in [-0.1, -0.05) is 0 Å². The first-order chi connectivity index (χ1) is 12.9. The molecule has 2 heterocycles. The zero-order valence-corrected chi connectivity index (χ0v) is 16.9. The summed E-state index contributed by atoms with van der Waals surface area (Å²) in [7, 11) is -2.30. The highest BCUT2D eigenvalue weighted by molar-refractivity contribution is 7.89. The van der Waals surface area contributed by atoms with Crippen LogP contribution in [0.2, 0.25) is 0 Å². The van der Waals surface area contributed by atoms with E-state index in [0.717, 1.165) is 19.3 Å². The highest BCUT2D eigenvalue weighted by Crippen LogP contribution is 2.35. The lowest BCUT2D eigenvalue weighted by atomic mass is 10.0. The van der Waals surface area contributed by atoms with Crippen LogP contribution in [-0.2, 0) is 16.4 Å². The minimum Gasteiger partial charge on any atom is -0.495 e. The molecule has 6 nitrogen and oxygen atoms in total. The lowest BCUT2D eigenvalue weighted by molar-refractivity contribution is 0.0679. The molecule has 1 fully saturated rings. The summed E-state index contributed by atoms with van der Waals surface area (Å²) in [6, 6.07) is 6.64. The van der Waals surface area contributed by atoms with Gasteiger partial charge in [-0.3, -0.25) is 4.79 Å². The van der Waals surface area contributed by atoms with Gasteiger partial charge in [-0.2, -0.15) is 0 Å². The molecular formula is C19H22N2O4S2. The van der Waals surface area contributed by atoms with Crippen molar-refractivity contribution in [3.8, 4) is 5.75 Å². The Morgan fingerprint density at radius 1 is 1.30 bits per heavy atom. The van der Waals surface area contributed by atoms with Gasteiger partial charge >= 0.3 is 0 Å². The predicted molar refractivity (Wildman–Crippen MR) is 104 cm³/mol. The second-order valence-electron chi connectivity index (χ2n) is 6.98. The van der Waals surface area contributed by atoms with Crippen LogP contribution in [0.1, 0.15) is 46.6 Å². The van der Waals surface area contributed by atoms with Gasteiger partial charge < -0.3 is 9.64 Å². The summed E-state index contributed by atoms with van der Waals surface area (Å²) in [6.45, 7) is 2.64. The van der Waals surface area contributed by atoms with Crippen molar-refractivity contribution >= 4 is 27.3 Å². The first-order valence-corrected chi connectivity index (χ1v) is 11.3. The van der Waals surface area contributed by atoms with Crippen LogP contribution < -0.4 is 9.46 Å². The Bertz CT molecular complexity index is 979. The standard InChI is InChI=1S/C19H22N2O4S2/c1-12-15-8-10-26-17(15)7-9-21(12)19(22)13-3-6-16(25-2)18(11-13)27(23,24)20-14-4-5-14/h3,6,8,10-12,14,20H,4-5,7,9H2,1-2H3. The molecule has 4 rings (SSSR count). The van der Waals surface area contributed by atoms with Crippen LogP contribution in [0.4, 0.5) is 0 Å². The van der Waals surface area contributed by atoms with Crippen LogP contribution >= 0.6 is 11.3 Å². The monoisotopic (exact) mass is 406 g/mol. The van der Waals surface area contributed by atoms with Gasteiger partial charge in [0, 0.05) is 23.0 Å². The number of hydrogen-bond acceptors (Lipinski definition) is 5. The number of amides is 1. The molecule has 1 amide bonds. The van der Waals surface area contributed by atoms with E-state index in [0.29, 0.717) is 12.1 Å². The Balaban J connectivity index is 1.66. The van der Waals surface area contributed by atoms with Gasteiger partial charge in [0.05, 0.1) is 13.2 Å². The van der Waals surface area contributed by atoms with E-state index in [9.17, 15) is 13.2 Å². The van der Waals surface area contributed by atoms with Crippen molar-refractivity contribution in [3.63, 3.8) is 0 Å². The summed E-state index contributed by atoms with van der Waals surface area (Å²) >= 11 is 1.72. The maximum Gasteiger partial charge on any atom is 0.254 e. The summed E-state index contributed by atoms with van der Waals surface area (Å²) in [4.78, 5) is 16.3. The molecule has 1 aromatic carbocycles. The number of fused-ring (bicyclic) bond motifs is 1. The van der Waals surface area contributed by atoms with Crippen LogP contribution in [0.25, 0.3) is 0 Å². The van der Waals surface area contributed by atoms with E-state index in [2.05, 4.69) is 16.2 Å². The maximum absolute atomic E-state index is 13.1. The van der Waals surface area contributed by atoms with Gasteiger partial charge in [0.15, 0.2) is 0 Å². The summed E-state index contributed by atoms with van der Waals surface area (Å²) < 4.78 is 33.3. The number of nitrogens with one attached hydrogen (secondary N) is 1. The zero-order valence-electron chi connectivity index (χ0n) is 15.3. The number of rotatable bonds is 5. The Labute approximate surface area is 163 Å². The fourth-order valence-electron chi connectivity index (χ4n) is 3.46. The average molecular weight is 407 g/mol. The van der Waals surface area contributed by atoms with Gasteiger partial charge in [0.1, 0.15) is 10.6 Å². The largest absolute Gasteiger partial charge is 0.495 e. The van der Waals surface area contributed by atoms with Crippen molar-refractivity contribution in [3.05, 3.63) is 45.6 Å². The molecule has 1 aliphatic carbocycles. The van der Waals surface area contributed by atoms with Gasteiger partial charge in [-0.15, -0.1) is 11.3 Å². The topological polar surface area (TPSA) is 75.7 Å². The van der Waals surface area contributed by atoms with E-state index >= 15 is 0 Å². The smallest absolute Gasteiger partial charge is 0.254 e. The molecular weight excluding hydrogens is 384 g/mol. The van der Waals surface area contributed by atoms with Crippen molar-refractivity contribution in [1.82, 2.24) is 9.62 Å². The van der Waals surface area contributed by atoms with Crippen LogP contribution in [0.15, 0.2) is 34.5 Å². The summed E-state index contributed by atoms with van der Waals surface area (Å²) in [5.41, 5.74) is 1.54. The molecule has 1 aliphatic heterocycles. The van der Waals surface area contributed by atoms with Gasteiger partial charge in [-0.05, 0) is 61.4 Å². The minimum absolute atomic E-state index is 0.0156. The number of methoxy groups -OCH3 is 1. The summed E-state index contributed by atoms with van der Waals surface area (Å²) in [5, 5.41) is 2.05. The first-order valence-electron chi connectivity index (χ1n) is 8.98. The van der Waals surface area contributed by atoms with Crippen molar-refractivity contribution in [2.45, 2.75) is 43.2 Å². The molecule has 1 aromatic heterocycles. The third-order valence-corrected chi connectivity index (χ3v) is 7.68. The van der Waals surface area contributed by atoms with Crippen LogP contribution in [0.3, 0.4) is 0 Å². The second-order valence-corrected chi connectivity index (χ2v) is 9.67. The zero-order chi connectivity index (χ0) is 19.2. The summed E-state index contributed by atoms with van der Waals surface area (Å²) in [5.74, 6) is 0.0800. The van der Waals surface area contributed by atoms with Crippen LogP contribution in [0, 0.1) is 0 Å². The molecule has 27 heavy (non-hydrogen) atoms. The number of ether oxygens (including phenoxy) is 1. The van der Waals surface area contributed by atoms with Gasteiger partial charge in [0.25, 0.3) is 5.91 Å². The van der Waals surface area contributed by atoms with Crippen molar-refractivity contribution in [2.75, 3.05) is 13.7 Å². The van der Waals surface area contributed by atoms with E-state index in [1.165, 1.54) is 23.6 Å². The Kier molecular flexibility index (Phi) is 4.73. The number of benzene rings is 1. The molecule has 144 valence electrons. The highest BCUT2D eigenvalue weighted by atomic mass is 32.2. The molecule has 0 spiro atoms. The number of nitrogens with zero attached hydrogens (tertiary/aromatic N) is 1. The third-order valence-electron chi connectivity index (χ3n) is 5.14. The number of hydrogen-bond donors (Lipinski definition) is 1. The molecule has 2 aliphatic rings. The first kappa shape index (κ1) is 18.5. The molecule has 1 unspecified atom stereocenters. The maximum atomic E-state index is 13.1. The van der Waals surface area contributed by atoms with E-state index in [1.807, 2.05) is 11.8 Å². The number of carbonyl (C=O) groups is 1.